The summed E-state index contributed by atoms with van der Waals surface area (Å²) in [5.74, 6) is 0.0107. The van der Waals surface area contributed by atoms with Crippen LogP contribution in [-0.2, 0) is 26.2 Å². The Balaban J connectivity index is 1.71. The van der Waals surface area contributed by atoms with Gasteiger partial charge in [0.15, 0.2) is 0 Å². The average Bonchev–Trinajstić information content (AvgIpc) is 3.52. The molecule has 42 heavy (non-hydrogen) atoms. The second-order valence-corrected chi connectivity index (χ2v) is 12.4. The van der Waals surface area contributed by atoms with E-state index in [1.54, 1.807) is 43.3 Å². The molecular formula is C32H39N3O6S. The zero-order valence-electron chi connectivity index (χ0n) is 24.6. The Hall–Kier alpha value is -4.05. The lowest BCUT2D eigenvalue weighted by Gasteiger charge is -2.33. The molecule has 224 valence electrons. The maximum absolute atomic E-state index is 14.1. The van der Waals surface area contributed by atoms with Crippen LogP contribution in [0.25, 0.3) is 0 Å². The Morgan fingerprint density at radius 3 is 2.19 bits per heavy atom. The Morgan fingerprint density at radius 2 is 1.57 bits per heavy atom. The fourth-order valence-electron chi connectivity index (χ4n) is 5.09. The number of methoxy groups -OCH3 is 2. The van der Waals surface area contributed by atoms with Crippen LogP contribution >= 0.6 is 0 Å². The second-order valence-electron chi connectivity index (χ2n) is 10.5. The third-order valence-electron chi connectivity index (χ3n) is 7.62. The summed E-state index contributed by atoms with van der Waals surface area (Å²) in [7, 11) is -1.30. The molecule has 1 aliphatic carbocycles. The Kier molecular flexibility index (Phi) is 10.1. The first-order valence-electron chi connectivity index (χ1n) is 14.1. The number of hydrogen-bond acceptors (Lipinski definition) is 6. The molecule has 0 aliphatic heterocycles. The van der Waals surface area contributed by atoms with Gasteiger partial charge in [-0.25, -0.2) is 8.42 Å². The molecule has 0 radical (unpaired) electrons. The van der Waals surface area contributed by atoms with Crippen LogP contribution in [0.3, 0.4) is 0 Å². The highest BCUT2D eigenvalue weighted by atomic mass is 32.2. The summed E-state index contributed by atoms with van der Waals surface area (Å²) in [5.41, 5.74) is 2.11. The van der Waals surface area contributed by atoms with E-state index in [9.17, 15) is 18.0 Å². The van der Waals surface area contributed by atoms with E-state index in [1.165, 1.54) is 31.3 Å². The van der Waals surface area contributed by atoms with E-state index in [2.05, 4.69) is 5.32 Å². The monoisotopic (exact) mass is 593 g/mol. The van der Waals surface area contributed by atoms with Crippen molar-refractivity contribution in [3.05, 3.63) is 83.9 Å². The topological polar surface area (TPSA) is 105 Å². The van der Waals surface area contributed by atoms with Crippen LogP contribution in [0.2, 0.25) is 0 Å². The molecule has 0 spiro atoms. The summed E-state index contributed by atoms with van der Waals surface area (Å²) in [6.07, 6.45) is 3.93. The maximum Gasteiger partial charge on any atom is 0.264 e. The van der Waals surface area contributed by atoms with Crippen molar-refractivity contribution < 1.29 is 27.5 Å². The van der Waals surface area contributed by atoms with Crippen LogP contribution in [0.5, 0.6) is 11.5 Å². The van der Waals surface area contributed by atoms with Crippen LogP contribution in [0, 0.1) is 6.92 Å². The molecule has 9 nitrogen and oxygen atoms in total. The summed E-state index contributed by atoms with van der Waals surface area (Å²) >= 11 is 0. The van der Waals surface area contributed by atoms with Crippen molar-refractivity contribution >= 4 is 27.5 Å². The molecule has 0 aromatic heterocycles. The molecule has 1 N–H and O–H groups in total. The number of para-hydroxylation sites is 2. The number of ether oxygens (including phenoxy) is 2. The number of amides is 2. The van der Waals surface area contributed by atoms with E-state index < -0.39 is 28.5 Å². The number of carbonyl (C=O) groups is 2. The molecule has 1 aliphatic rings. The van der Waals surface area contributed by atoms with E-state index >= 15 is 0 Å². The van der Waals surface area contributed by atoms with E-state index in [1.807, 2.05) is 31.2 Å². The van der Waals surface area contributed by atoms with Gasteiger partial charge in [-0.3, -0.25) is 13.9 Å². The number of hydrogen-bond donors (Lipinski definition) is 1. The van der Waals surface area contributed by atoms with Gasteiger partial charge in [-0.15, -0.1) is 0 Å². The molecule has 0 unspecified atom stereocenters. The fraction of sp³-hybridized carbons (Fsp3) is 0.375. The van der Waals surface area contributed by atoms with Crippen molar-refractivity contribution in [3.63, 3.8) is 0 Å². The summed E-state index contributed by atoms with van der Waals surface area (Å²) in [4.78, 5) is 28.9. The number of nitrogens with zero attached hydrogens (tertiary/aromatic N) is 2. The van der Waals surface area contributed by atoms with Gasteiger partial charge in [-0.05, 0) is 68.7 Å². The molecule has 4 rings (SSSR count). The van der Waals surface area contributed by atoms with Gasteiger partial charge >= 0.3 is 0 Å². The van der Waals surface area contributed by atoms with Gasteiger partial charge in [0, 0.05) is 12.6 Å². The minimum Gasteiger partial charge on any atom is -0.497 e. The molecule has 3 aromatic carbocycles. The van der Waals surface area contributed by atoms with Crippen molar-refractivity contribution in [2.45, 2.75) is 63.1 Å². The standard InChI is InChI=1S/C32H39N3O6S/c1-23-13-15-25(16-14-23)21-34(24(2)32(37)33-26-9-5-6-10-26)31(36)22-35(29-11-7-8-12-30(29)41-4)42(38,39)28-19-17-27(40-3)18-20-28/h7-8,11-20,24,26H,5-6,9-10,21-22H2,1-4H3,(H,33,37)/t24-/m1/s1. The molecule has 10 heteroatoms. The third kappa shape index (κ3) is 7.23. The van der Waals surface area contributed by atoms with Crippen molar-refractivity contribution in [1.82, 2.24) is 10.2 Å². The Bertz CT molecular complexity index is 1470. The van der Waals surface area contributed by atoms with Crippen LogP contribution < -0.4 is 19.1 Å². The van der Waals surface area contributed by atoms with Gasteiger partial charge in [0.25, 0.3) is 10.0 Å². The lowest BCUT2D eigenvalue weighted by molar-refractivity contribution is -0.139. The predicted molar refractivity (Wildman–Crippen MR) is 162 cm³/mol. The second kappa shape index (κ2) is 13.7. The zero-order chi connectivity index (χ0) is 30.3. The molecule has 1 atom stereocenters. The van der Waals surface area contributed by atoms with Gasteiger partial charge in [0.05, 0.1) is 24.8 Å². The van der Waals surface area contributed by atoms with E-state index in [-0.39, 0.29) is 29.1 Å². The smallest absolute Gasteiger partial charge is 0.264 e. The molecule has 0 saturated heterocycles. The molecule has 3 aromatic rings. The van der Waals surface area contributed by atoms with Crippen LogP contribution in [0.1, 0.15) is 43.7 Å². The normalized spacial score (nSPS) is 14.2. The summed E-state index contributed by atoms with van der Waals surface area (Å²) in [5, 5.41) is 3.08. The molecule has 1 fully saturated rings. The lowest BCUT2D eigenvalue weighted by atomic mass is 10.1. The first kappa shape index (κ1) is 30.9. The van der Waals surface area contributed by atoms with Crippen LogP contribution in [0.4, 0.5) is 5.69 Å². The zero-order valence-corrected chi connectivity index (χ0v) is 25.4. The van der Waals surface area contributed by atoms with Gasteiger partial charge < -0.3 is 19.7 Å². The van der Waals surface area contributed by atoms with E-state index in [0.29, 0.717) is 11.5 Å². The minimum atomic E-state index is -4.23. The average molecular weight is 594 g/mol. The predicted octanol–water partition coefficient (Wildman–Crippen LogP) is 4.68. The molecule has 0 bridgehead atoms. The van der Waals surface area contributed by atoms with Crippen molar-refractivity contribution in [1.29, 1.82) is 0 Å². The van der Waals surface area contributed by atoms with Crippen LogP contribution in [-0.4, -0.2) is 58.0 Å². The van der Waals surface area contributed by atoms with Crippen LogP contribution in [0.15, 0.2) is 77.7 Å². The van der Waals surface area contributed by atoms with Crippen molar-refractivity contribution in [2.24, 2.45) is 0 Å². The third-order valence-corrected chi connectivity index (χ3v) is 9.40. The number of sulfonamides is 1. The first-order chi connectivity index (χ1) is 20.1. The number of anilines is 1. The highest BCUT2D eigenvalue weighted by Crippen LogP contribution is 2.33. The molecule has 1 saturated carbocycles. The number of aryl methyl sites for hydroxylation is 1. The number of benzene rings is 3. The van der Waals surface area contributed by atoms with Gasteiger partial charge in [-0.1, -0.05) is 54.8 Å². The van der Waals surface area contributed by atoms with Gasteiger partial charge in [0.1, 0.15) is 24.1 Å². The van der Waals surface area contributed by atoms with Gasteiger partial charge in [-0.2, -0.15) is 0 Å². The molecular weight excluding hydrogens is 554 g/mol. The highest BCUT2D eigenvalue weighted by Gasteiger charge is 2.34. The Labute approximate surface area is 248 Å². The fourth-order valence-corrected chi connectivity index (χ4v) is 6.51. The van der Waals surface area contributed by atoms with E-state index in [0.717, 1.165) is 41.1 Å². The van der Waals surface area contributed by atoms with Crippen molar-refractivity contribution in [3.8, 4) is 11.5 Å². The quantitative estimate of drug-likeness (QED) is 0.327. The maximum atomic E-state index is 14.1. The highest BCUT2D eigenvalue weighted by molar-refractivity contribution is 7.92. The molecule has 0 heterocycles. The number of nitrogens with one attached hydrogen (secondary N) is 1. The largest absolute Gasteiger partial charge is 0.497 e. The first-order valence-corrected chi connectivity index (χ1v) is 15.5. The summed E-state index contributed by atoms with van der Waals surface area (Å²) in [6.45, 7) is 3.25. The number of carbonyl (C=O) groups excluding carboxylic acids is 2. The Morgan fingerprint density at radius 1 is 0.929 bits per heavy atom. The van der Waals surface area contributed by atoms with Crippen molar-refractivity contribution in [2.75, 3.05) is 25.1 Å². The lowest BCUT2D eigenvalue weighted by Crippen LogP contribution is -2.52. The minimum absolute atomic E-state index is 0.0147. The SMILES string of the molecule is COc1ccc(S(=O)(=O)N(CC(=O)N(Cc2ccc(C)cc2)[C@H](C)C(=O)NC2CCCC2)c2ccccc2OC)cc1. The summed E-state index contributed by atoms with van der Waals surface area (Å²) in [6, 6.07) is 19.5. The summed E-state index contributed by atoms with van der Waals surface area (Å²) < 4.78 is 39.9. The molecule has 2 amide bonds. The van der Waals surface area contributed by atoms with Gasteiger partial charge in [0.2, 0.25) is 11.8 Å². The van der Waals surface area contributed by atoms with E-state index in [4.69, 9.17) is 9.47 Å². The number of rotatable bonds is 12.